The Morgan fingerprint density at radius 2 is 1.47 bits per heavy atom. The molecule has 0 saturated carbocycles. The molecule has 0 bridgehead atoms. The summed E-state index contributed by atoms with van der Waals surface area (Å²) in [4.78, 5) is 38.0. The van der Waals surface area contributed by atoms with Crippen molar-refractivity contribution in [2.24, 2.45) is 11.8 Å². The van der Waals surface area contributed by atoms with Crippen LogP contribution in [0.2, 0.25) is 0 Å². The van der Waals surface area contributed by atoms with E-state index in [0.717, 1.165) is 6.26 Å². The van der Waals surface area contributed by atoms with Crippen molar-refractivity contribution < 1.29 is 32.6 Å². The molecule has 11 nitrogen and oxygen atoms in total. The quantitative estimate of drug-likeness (QED) is 0.401. The lowest BCUT2D eigenvalue weighted by molar-refractivity contribution is 0.0517. The lowest BCUT2D eigenvalue weighted by atomic mass is 10.1. The van der Waals surface area contributed by atoms with E-state index in [0.29, 0.717) is 30.1 Å². The van der Waals surface area contributed by atoms with E-state index in [9.17, 15) is 18.0 Å². The molecule has 188 valence electrons. The van der Waals surface area contributed by atoms with E-state index in [1.165, 1.54) is 19.2 Å². The number of methoxy groups -OCH3 is 1. The molecule has 0 fully saturated rings. The number of sulfone groups is 1. The average molecular weight is 497 g/mol. The average Bonchev–Trinajstić information content (AvgIpc) is 2.72. The van der Waals surface area contributed by atoms with Crippen molar-refractivity contribution in [1.82, 2.24) is 19.9 Å². The Hall–Kier alpha value is -3.15. The van der Waals surface area contributed by atoms with Gasteiger partial charge in [-0.15, -0.1) is 0 Å². The van der Waals surface area contributed by atoms with Crippen molar-refractivity contribution in [2.45, 2.75) is 52.6 Å². The smallest absolute Gasteiger partial charge is 0.357 e. The second-order valence-electron chi connectivity index (χ2n) is 8.25. The highest BCUT2D eigenvalue weighted by atomic mass is 32.2. The summed E-state index contributed by atoms with van der Waals surface area (Å²) in [6, 6.07) is 3.06. The standard InChI is InChI=1S/C12H18N2O4S.C10H14N2O3/c1-5-18-11(15)10-7-9(6-8(2)3)13-12(14-10)19(4,16)17;1-6(2)4-7-5-8(9(13)14)12-10(11-7)15-3/h7-8H,5-6H2,1-4H3;5-6H,4H2,1-3H3,(H,13,14). The van der Waals surface area contributed by atoms with Gasteiger partial charge in [0.15, 0.2) is 11.4 Å². The molecule has 1 N–H and O–H groups in total. The molecule has 0 amide bonds. The second-order valence-corrected chi connectivity index (χ2v) is 10.2. The van der Waals surface area contributed by atoms with E-state index in [1.807, 2.05) is 27.7 Å². The van der Waals surface area contributed by atoms with Crippen LogP contribution in [0.4, 0.5) is 0 Å². The maximum Gasteiger partial charge on any atom is 0.357 e. The number of carbonyl (C=O) groups excluding carboxylic acids is 1. The van der Waals surface area contributed by atoms with Crippen LogP contribution in [-0.2, 0) is 27.4 Å². The van der Waals surface area contributed by atoms with E-state index in [1.54, 1.807) is 6.92 Å². The van der Waals surface area contributed by atoms with Gasteiger partial charge in [0.1, 0.15) is 0 Å². The third-order valence-corrected chi connectivity index (χ3v) is 4.82. The topological polar surface area (TPSA) is 159 Å². The lowest BCUT2D eigenvalue weighted by Crippen LogP contribution is -2.14. The summed E-state index contributed by atoms with van der Waals surface area (Å²) in [5.41, 5.74) is 1.16. The van der Waals surface area contributed by atoms with Crippen LogP contribution in [0.1, 0.15) is 67.0 Å². The van der Waals surface area contributed by atoms with Crippen LogP contribution >= 0.6 is 0 Å². The first kappa shape index (κ1) is 28.9. The van der Waals surface area contributed by atoms with Crippen LogP contribution < -0.4 is 4.74 Å². The largest absolute Gasteiger partial charge is 0.477 e. The lowest BCUT2D eigenvalue weighted by Gasteiger charge is -2.08. The van der Waals surface area contributed by atoms with E-state index >= 15 is 0 Å². The maximum absolute atomic E-state index is 11.7. The second kappa shape index (κ2) is 12.9. The number of hydrogen-bond donors (Lipinski definition) is 1. The Kier molecular flexibility index (Phi) is 11.0. The van der Waals surface area contributed by atoms with E-state index in [-0.39, 0.29) is 35.1 Å². The molecule has 12 heteroatoms. The predicted molar refractivity (Wildman–Crippen MR) is 124 cm³/mol. The van der Waals surface area contributed by atoms with Gasteiger partial charge in [-0.3, -0.25) is 0 Å². The van der Waals surface area contributed by atoms with Crippen molar-refractivity contribution >= 4 is 21.8 Å². The third kappa shape index (κ3) is 9.77. The molecule has 0 unspecified atom stereocenters. The number of aromatic carboxylic acids is 1. The summed E-state index contributed by atoms with van der Waals surface area (Å²) < 4.78 is 32.7. The minimum atomic E-state index is -3.56. The number of carboxylic acids is 1. The van der Waals surface area contributed by atoms with Gasteiger partial charge in [-0.2, -0.15) is 4.98 Å². The highest BCUT2D eigenvalue weighted by molar-refractivity contribution is 7.90. The number of aromatic nitrogens is 4. The fraction of sp³-hybridized carbons (Fsp3) is 0.545. The molecule has 0 saturated heterocycles. The first-order valence-electron chi connectivity index (χ1n) is 10.7. The molecule has 2 heterocycles. The zero-order valence-corrected chi connectivity index (χ0v) is 21.3. The number of esters is 1. The number of carboxylic acid groups (broad SMARTS) is 1. The minimum Gasteiger partial charge on any atom is -0.477 e. The molecule has 0 atom stereocenters. The normalized spacial score (nSPS) is 11.1. The minimum absolute atomic E-state index is 0.0204. The highest BCUT2D eigenvalue weighted by Crippen LogP contribution is 2.13. The number of rotatable bonds is 9. The van der Waals surface area contributed by atoms with Crippen molar-refractivity contribution in [3.63, 3.8) is 0 Å². The molecule has 0 spiro atoms. The Morgan fingerprint density at radius 3 is 1.91 bits per heavy atom. The number of ether oxygens (including phenoxy) is 2. The summed E-state index contributed by atoms with van der Waals surface area (Å²) in [5.74, 6) is -1.01. The van der Waals surface area contributed by atoms with Crippen molar-refractivity contribution in [2.75, 3.05) is 20.0 Å². The molecule has 0 aliphatic rings. The van der Waals surface area contributed by atoms with Crippen LogP contribution in [0.5, 0.6) is 6.01 Å². The summed E-state index contributed by atoms with van der Waals surface area (Å²) in [6.45, 7) is 9.91. The number of hydrogen-bond acceptors (Lipinski definition) is 10. The van der Waals surface area contributed by atoms with E-state index < -0.39 is 21.8 Å². The van der Waals surface area contributed by atoms with Crippen LogP contribution in [0, 0.1) is 11.8 Å². The van der Waals surface area contributed by atoms with Gasteiger partial charge in [-0.25, -0.2) is 33.0 Å². The van der Waals surface area contributed by atoms with Gasteiger partial charge in [0.2, 0.25) is 15.0 Å². The molecule has 2 aromatic heterocycles. The first-order chi connectivity index (χ1) is 15.8. The molecular formula is C22H32N4O7S. The molecule has 0 aromatic carbocycles. The predicted octanol–water partition coefficient (Wildman–Crippen LogP) is 2.64. The Labute approximate surface area is 199 Å². The molecule has 0 aliphatic heterocycles. The monoisotopic (exact) mass is 496 g/mol. The van der Waals surface area contributed by atoms with Gasteiger partial charge in [0.25, 0.3) is 0 Å². The maximum atomic E-state index is 11.7. The highest BCUT2D eigenvalue weighted by Gasteiger charge is 2.19. The molecule has 0 radical (unpaired) electrons. The van der Waals surface area contributed by atoms with Gasteiger partial charge in [0.05, 0.1) is 13.7 Å². The summed E-state index contributed by atoms with van der Waals surface area (Å²) in [7, 11) is -2.15. The Balaban J connectivity index is 0.000000350. The van der Waals surface area contributed by atoms with Crippen molar-refractivity contribution in [3.05, 3.63) is 34.9 Å². The number of carbonyl (C=O) groups is 2. The van der Waals surface area contributed by atoms with Gasteiger partial charge in [-0.05, 0) is 43.7 Å². The van der Waals surface area contributed by atoms with Crippen molar-refractivity contribution in [1.29, 1.82) is 0 Å². The molecule has 2 rings (SSSR count). The Bertz CT molecular complexity index is 1100. The van der Waals surface area contributed by atoms with E-state index in [2.05, 4.69) is 19.9 Å². The van der Waals surface area contributed by atoms with Gasteiger partial charge >= 0.3 is 17.9 Å². The summed E-state index contributed by atoms with van der Waals surface area (Å²) >= 11 is 0. The summed E-state index contributed by atoms with van der Waals surface area (Å²) in [6.07, 6.45) is 2.28. The van der Waals surface area contributed by atoms with E-state index in [4.69, 9.17) is 14.6 Å². The van der Waals surface area contributed by atoms with Gasteiger partial charge < -0.3 is 14.6 Å². The SMILES string of the molecule is CCOC(=O)c1cc(CC(C)C)nc(S(C)(=O)=O)n1.COc1nc(CC(C)C)cc(C(=O)O)n1. The number of nitrogens with zero attached hydrogens (tertiary/aromatic N) is 4. The summed E-state index contributed by atoms with van der Waals surface area (Å²) in [5, 5.41) is 8.48. The van der Waals surface area contributed by atoms with Gasteiger partial charge in [0, 0.05) is 17.6 Å². The first-order valence-corrected chi connectivity index (χ1v) is 12.6. The van der Waals surface area contributed by atoms with Crippen molar-refractivity contribution in [3.8, 4) is 6.01 Å². The fourth-order valence-electron chi connectivity index (χ4n) is 2.67. The third-order valence-electron chi connectivity index (χ3n) is 3.97. The molecular weight excluding hydrogens is 464 g/mol. The van der Waals surface area contributed by atoms with Gasteiger partial charge in [-0.1, -0.05) is 27.7 Å². The zero-order chi connectivity index (χ0) is 26.1. The molecule has 34 heavy (non-hydrogen) atoms. The fourth-order valence-corrected chi connectivity index (χ4v) is 3.22. The molecule has 2 aromatic rings. The van der Waals surface area contributed by atoms with Crippen LogP contribution in [-0.4, -0.2) is 65.4 Å². The van der Waals surface area contributed by atoms with Crippen LogP contribution in [0.3, 0.4) is 0 Å². The zero-order valence-electron chi connectivity index (χ0n) is 20.5. The Morgan fingerprint density at radius 1 is 0.941 bits per heavy atom. The van der Waals surface area contributed by atoms with Crippen LogP contribution in [0.25, 0.3) is 0 Å². The molecule has 0 aliphatic carbocycles. The van der Waals surface area contributed by atoms with Crippen LogP contribution in [0.15, 0.2) is 17.3 Å².